The van der Waals surface area contributed by atoms with Crippen LogP contribution in [0.3, 0.4) is 0 Å². The van der Waals surface area contributed by atoms with Crippen molar-refractivity contribution in [1.29, 1.82) is 0 Å². The molecule has 0 aromatic carbocycles. The number of hydrogen-bond acceptors (Lipinski definition) is 3. The molecule has 0 aromatic heterocycles. The van der Waals surface area contributed by atoms with Gasteiger partial charge in [0.05, 0.1) is 6.04 Å². The van der Waals surface area contributed by atoms with Crippen molar-refractivity contribution in [2.75, 3.05) is 20.1 Å². The van der Waals surface area contributed by atoms with Crippen molar-refractivity contribution in [3.8, 4) is 0 Å². The second kappa shape index (κ2) is 3.57. The minimum Gasteiger partial charge on any atom is -0.480 e. The Morgan fingerprint density at radius 1 is 1.43 bits per heavy atom. The zero-order valence-corrected chi connectivity index (χ0v) is 8.70. The maximum absolute atomic E-state index is 11.5. The van der Waals surface area contributed by atoms with Gasteiger partial charge in [0.25, 0.3) is 0 Å². The van der Waals surface area contributed by atoms with Gasteiger partial charge < -0.3 is 15.3 Å². The number of carbonyl (C=O) groups is 2. The molecule has 14 heavy (non-hydrogen) atoms. The number of nitrogens with one attached hydrogen (secondary N) is 1. The van der Waals surface area contributed by atoms with Gasteiger partial charge in [0.1, 0.15) is 5.41 Å². The molecule has 1 saturated heterocycles. The van der Waals surface area contributed by atoms with Gasteiger partial charge in [-0.05, 0) is 20.9 Å². The second-order valence-electron chi connectivity index (χ2n) is 4.32. The average molecular weight is 200 g/mol. The van der Waals surface area contributed by atoms with E-state index in [9.17, 15) is 9.59 Å². The molecule has 0 saturated carbocycles. The smallest absolute Gasteiger partial charge is 0.318 e. The lowest BCUT2D eigenvalue weighted by Gasteiger charge is -2.37. The monoisotopic (exact) mass is 200 g/mol. The number of carboxylic acids is 1. The molecule has 80 valence electrons. The quantitative estimate of drug-likeness (QED) is 0.604. The Balaban J connectivity index is 2.46. The predicted octanol–water partition coefficient (Wildman–Crippen LogP) is -0.473. The molecular formula is C9H16N2O3. The van der Waals surface area contributed by atoms with Crippen molar-refractivity contribution in [3.63, 3.8) is 0 Å². The Kier molecular flexibility index (Phi) is 2.80. The van der Waals surface area contributed by atoms with Gasteiger partial charge in [-0.3, -0.25) is 9.59 Å². The molecule has 1 aliphatic rings. The minimum absolute atomic E-state index is 0.103. The lowest BCUT2D eigenvalue weighted by Crippen LogP contribution is -2.60. The van der Waals surface area contributed by atoms with Crippen molar-refractivity contribution in [3.05, 3.63) is 0 Å². The van der Waals surface area contributed by atoms with Gasteiger partial charge in [0, 0.05) is 13.1 Å². The Morgan fingerprint density at radius 3 is 2.29 bits per heavy atom. The van der Waals surface area contributed by atoms with Gasteiger partial charge >= 0.3 is 5.97 Å². The van der Waals surface area contributed by atoms with E-state index in [1.54, 1.807) is 0 Å². The number of carboxylic acid groups (broad SMARTS) is 1. The van der Waals surface area contributed by atoms with Crippen LogP contribution in [0.15, 0.2) is 0 Å². The van der Waals surface area contributed by atoms with Crippen molar-refractivity contribution in [2.45, 2.75) is 19.9 Å². The lowest BCUT2D eigenvalue weighted by molar-refractivity contribution is -0.154. The summed E-state index contributed by atoms with van der Waals surface area (Å²) in [6.07, 6.45) is 0. The van der Waals surface area contributed by atoms with E-state index < -0.39 is 17.3 Å². The van der Waals surface area contributed by atoms with Crippen LogP contribution in [0.4, 0.5) is 0 Å². The van der Waals surface area contributed by atoms with E-state index in [0.717, 1.165) is 13.1 Å². The van der Waals surface area contributed by atoms with E-state index in [1.807, 2.05) is 7.05 Å². The minimum atomic E-state index is -1.34. The van der Waals surface area contributed by atoms with Crippen LogP contribution >= 0.6 is 0 Å². The van der Waals surface area contributed by atoms with E-state index in [1.165, 1.54) is 13.8 Å². The molecule has 1 rings (SSSR count). The van der Waals surface area contributed by atoms with Crippen molar-refractivity contribution in [1.82, 2.24) is 10.2 Å². The topological polar surface area (TPSA) is 69.6 Å². The third-order valence-electron chi connectivity index (χ3n) is 2.50. The van der Waals surface area contributed by atoms with E-state index in [0.29, 0.717) is 0 Å². The molecule has 0 bridgehead atoms. The first-order chi connectivity index (χ1) is 6.34. The molecule has 0 radical (unpaired) electrons. The summed E-state index contributed by atoms with van der Waals surface area (Å²) in [5, 5.41) is 11.5. The fraction of sp³-hybridized carbons (Fsp3) is 0.778. The molecule has 0 atom stereocenters. The predicted molar refractivity (Wildman–Crippen MR) is 50.8 cm³/mol. The zero-order chi connectivity index (χ0) is 10.9. The van der Waals surface area contributed by atoms with Gasteiger partial charge in [-0.2, -0.15) is 0 Å². The molecule has 0 unspecified atom stereocenters. The third kappa shape index (κ3) is 2.04. The molecule has 2 N–H and O–H groups in total. The van der Waals surface area contributed by atoms with E-state index in [4.69, 9.17) is 5.11 Å². The molecule has 1 heterocycles. The molecular weight excluding hydrogens is 184 g/mol. The van der Waals surface area contributed by atoms with E-state index in [-0.39, 0.29) is 6.04 Å². The van der Waals surface area contributed by atoms with Gasteiger partial charge in [-0.25, -0.2) is 0 Å². The van der Waals surface area contributed by atoms with Crippen LogP contribution in [-0.4, -0.2) is 48.1 Å². The van der Waals surface area contributed by atoms with E-state index >= 15 is 0 Å². The summed E-state index contributed by atoms with van der Waals surface area (Å²) in [5.41, 5.74) is -1.34. The van der Waals surface area contributed by atoms with Gasteiger partial charge in [-0.15, -0.1) is 0 Å². The van der Waals surface area contributed by atoms with Crippen molar-refractivity contribution < 1.29 is 14.7 Å². The number of aliphatic carboxylic acids is 1. The highest BCUT2D eigenvalue weighted by atomic mass is 16.4. The molecule has 5 nitrogen and oxygen atoms in total. The van der Waals surface area contributed by atoms with Crippen molar-refractivity contribution >= 4 is 11.9 Å². The number of likely N-dealkylation sites (tertiary alicyclic amines) is 1. The highest BCUT2D eigenvalue weighted by Crippen LogP contribution is 2.16. The fourth-order valence-electron chi connectivity index (χ4n) is 1.25. The summed E-state index contributed by atoms with van der Waals surface area (Å²) in [6.45, 7) is 4.41. The maximum atomic E-state index is 11.5. The first-order valence-electron chi connectivity index (χ1n) is 4.57. The van der Waals surface area contributed by atoms with Crippen LogP contribution in [0.25, 0.3) is 0 Å². The number of likely N-dealkylation sites (N-methyl/N-ethyl adjacent to an activating group) is 1. The second-order valence-corrected chi connectivity index (χ2v) is 4.32. The highest BCUT2D eigenvalue weighted by molar-refractivity contribution is 6.01. The van der Waals surface area contributed by atoms with Gasteiger partial charge in [0.15, 0.2) is 0 Å². The number of carbonyl (C=O) groups excluding carboxylic acids is 1. The number of rotatable bonds is 3. The van der Waals surface area contributed by atoms with Crippen LogP contribution in [0.2, 0.25) is 0 Å². The lowest BCUT2D eigenvalue weighted by atomic mass is 9.92. The number of hydrogen-bond donors (Lipinski definition) is 2. The Hall–Kier alpha value is -1.10. The summed E-state index contributed by atoms with van der Waals surface area (Å²) in [4.78, 5) is 24.3. The first kappa shape index (κ1) is 11.0. The summed E-state index contributed by atoms with van der Waals surface area (Å²) < 4.78 is 0. The molecule has 1 fully saturated rings. The molecule has 0 spiro atoms. The molecule has 1 aliphatic heterocycles. The molecule has 5 heteroatoms. The van der Waals surface area contributed by atoms with Crippen LogP contribution < -0.4 is 5.32 Å². The van der Waals surface area contributed by atoms with Gasteiger partial charge in [0.2, 0.25) is 5.91 Å². The van der Waals surface area contributed by atoms with Crippen LogP contribution in [-0.2, 0) is 9.59 Å². The molecule has 1 amide bonds. The van der Waals surface area contributed by atoms with E-state index in [2.05, 4.69) is 10.2 Å². The fourth-order valence-corrected chi connectivity index (χ4v) is 1.25. The Morgan fingerprint density at radius 2 is 1.93 bits per heavy atom. The number of nitrogens with zero attached hydrogens (tertiary/aromatic N) is 1. The maximum Gasteiger partial charge on any atom is 0.318 e. The highest BCUT2D eigenvalue weighted by Gasteiger charge is 2.38. The summed E-state index contributed by atoms with van der Waals surface area (Å²) in [7, 11) is 1.95. The number of amides is 1. The standard InChI is InChI=1S/C9H16N2O3/c1-9(2,8(13)14)7(12)10-6-4-11(3)5-6/h6H,4-5H2,1-3H3,(H,10,12)(H,13,14). The summed E-state index contributed by atoms with van der Waals surface area (Å²) in [6, 6.07) is 0.103. The van der Waals surface area contributed by atoms with Crippen LogP contribution in [0, 0.1) is 5.41 Å². The Bertz CT molecular complexity index is 257. The van der Waals surface area contributed by atoms with Crippen LogP contribution in [0.1, 0.15) is 13.8 Å². The Labute approximate surface area is 83.1 Å². The van der Waals surface area contributed by atoms with Gasteiger partial charge in [-0.1, -0.05) is 0 Å². The first-order valence-corrected chi connectivity index (χ1v) is 4.57. The van der Waals surface area contributed by atoms with Crippen molar-refractivity contribution in [2.24, 2.45) is 5.41 Å². The third-order valence-corrected chi connectivity index (χ3v) is 2.50. The summed E-state index contributed by atoms with van der Waals surface area (Å²) >= 11 is 0. The SMILES string of the molecule is CN1CC(NC(=O)C(C)(C)C(=O)O)C1. The molecule has 0 aliphatic carbocycles. The normalized spacial score (nSPS) is 18.8. The van der Waals surface area contributed by atoms with Crippen LogP contribution in [0.5, 0.6) is 0 Å². The molecule has 0 aromatic rings. The summed E-state index contributed by atoms with van der Waals surface area (Å²) in [5.74, 6) is -1.51. The average Bonchev–Trinajstić information content (AvgIpc) is 2.01. The zero-order valence-electron chi connectivity index (χ0n) is 8.70. The largest absolute Gasteiger partial charge is 0.480 e.